The molecule has 0 spiro atoms. The number of nitrogens with one attached hydrogen (secondary N) is 1. The first kappa shape index (κ1) is 8.06. The van der Waals surface area contributed by atoms with Gasteiger partial charge < -0.3 is 5.32 Å². The third kappa shape index (κ3) is 2.30. The van der Waals surface area contributed by atoms with E-state index < -0.39 is 0 Å². The Labute approximate surface area is 64.2 Å². The second-order valence-electron chi connectivity index (χ2n) is 3.65. The van der Waals surface area contributed by atoms with E-state index in [-0.39, 0.29) is 0 Å². The zero-order chi connectivity index (χ0) is 7.40. The molecule has 1 heteroatoms. The van der Waals surface area contributed by atoms with Gasteiger partial charge in [-0.15, -0.1) is 0 Å². The largest absolute Gasteiger partial charge is 0.314 e. The van der Waals surface area contributed by atoms with Gasteiger partial charge in [-0.1, -0.05) is 26.7 Å². The second kappa shape index (κ2) is 3.97. The standard InChI is InChI=1S/C9H19N/c1-8(2)9-6-4-3-5-7-10-9/h8-10H,3-7H2,1-2H3. The molecular formula is C9H19N. The summed E-state index contributed by atoms with van der Waals surface area (Å²) < 4.78 is 0. The summed E-state index contributed by atoms with van der Waals surface area (Å²) in [6, 6.07) is 0.794. The normalized spacial score (nSPS) is 28.5. The first-order valence-corrected chi connectivity index (χ1v) is 4.54. The van der Waals surface area contributed by atoms with Gasteiger partial charge in [0.15, 0.2) is 0 Å². The van der Waals surface area contributed by atoms with Crippen molar-refractivity contribution >= 4 is 0 Å². The highest BCUT2D eigenvalue weighted by Gasteiger charge is 2.13. The van der Waals surface area contributed by atoms with Crippen LogP contribution in [0.15, 0.2) is 0 Å². The summed E-state index contributed by atoms with van der Waals surface area (Å²) in [5.74, 6) is 0.818. The Morgan fingerprint density at radius 3 is 2.70 bits per heavy atom. The Morgan fingerprint density at radius 2 is 2.00 bits per heavy atom. The molecule has 60 valence electrons. The zero-order valence-electron chi connectivity index (χ0n) is 7.19. The van der Waals surface area contributed by atoms with E-state index in [1.165, 1.54) is 32.2 Å². The number of rotatable bonds is 1. The molecule has 1 aliphatic heterocycles. The van der Waals surface area contributed by atoms with Crippen LogP contribution in [-0.4, -0.2) is 12.6 Å². The lowest BCUT2D eigenvalue weighted by Crippen LogP contribution is -2.32. The molecule has 0 aliphatic carbocycles. The molecule has 1 saturated heterocycles. The SMILES string of the molecule is CC(C)C1CCCCCN1. The van der Waals surface area contributed by atoms with Crippen LogP contribution in [0, 0.1) is 5.92 Å². The van der Waals surface area contributed by atoms with Crippen LogP contribution in [0.5, 0.6) is 0 Å². The summed E-state index contributed by atoms with van der Waals surface area (Å²) >= 11 is 0. The Bertz CT molecular complexity index is 80.7. The smallest absolute Gasteiger partial charge is 0.00900 e. The van der Waals surface area contributed by atoms with Crippen LogP contribution in [0.4, 0.5) is 0 Å². The summed E-state index contributed by atoms with van der Waals surface area (Å²) in [5.41, 5.74) is 0. The highest BCUT2D eigenvalue weighted by Crippen LogP contribution is 2.14. The van der Waals surface area contributed by atoms with Gasteiger partial charge in [0.25, 0.3) is 0 Å². The highest BCUT2D eigenvalue weighted by atomic mass is 14.9. The van der Waals surface area contributed by atoms with Crippen molar-refractivity contribution in [1.29, 1.82) is 0 Å². The molecule has 0 radical (unpaired) electrons. The topological polar surface area (TPSA) is 12.0 Å². The molecule has 0 aromatic heterocycles. The predicted molar refractivity (Wildman–Crippen MR) is 45.1 cm³/mol. The summed E-state index contributed by atoms with van der Waals surface area (Å²) in [6.07, 6.45) is 5.62. The molecule has 1 aliphatic rings. The molecule has 1 heterocycles. The quantitative estimate of drug-likeness (QED) is 0.590. The molecule has 0 amide bonds. The Hall–Kier alpha value is -0.0400. The first-order chi connectivity index (χ1) is 4.80. The summed E-state index contributed by atoms with van der Waals surface area (Å²) in [4.78, 5) is 0. The van der Waals surface area contributed by atoms with E-state index in [4.69, 9.17) is 0 Å². The van der Waals surface area contributed by atoms with E-state index in [2.05, 4.69) is 19.2 Å². The van der Waals surface area contributed by atoms with E-state index in [1.807, 2.05) is 0 Å². The van der Waals surface area contributed by atoms with Gasteiger partial charge in [-0.05, 0) is 25.3 Å². The third-order valence-corrected chi connectivity index (χ3v) is 2.40. The first-order valence-electron chi connectivity index (χ1n) is 4.54. The fourth-order valence-corrected chi connectivity index (χ4v) is 1.62. The van der Waals surface area contributed by atoms with Crippen LogP contribution in [0.1, 0.15) is 39.5 Å². The van der Waals surface area contributed by atoms with Crippen molar-refractivity contribution in [2.45, 2.75) is 45.6 Å². The van der Waals surface area contributed by atoms with Gasteiger partial charge in [0.2, 0.25) is 0 Å². The summed E-state index contributed by atoms with van der Waals surface area (Å²) in [5, 5.41) is 3.58. The Kier molecular flexibility index (Phi) is 3.20. The molecule has 0 saturated carbocycles. The predicted octanol–water partition coefficient (Wildman–Crippen LogP) is 2.17. The van der Waals surface area contributed by atoms with Crippen molar-refractivity contribution < 1.29 is 0 Å². The Balaban J connectivity index is 2.28. The molecule has 1 atom stereocenters. The van der Waals surface area contributed by atoms with Gasteiger partial charge in [0, 0.05) is 6.04 Å². The van der Waals surface area contributed by atoms with Crippen molar-refractivity contribution in [3.05, 3.63) is 0 Å². The van der Waals surface area contributed by atoms with Crippen LogP contribution < -0.4 is 5.32 Å². The Morgan fingerprint density at radius 1 is 1.20 bits per heavy atom. The molecule has 0 bridgehead atoms. The van der Waals surface area contributed by atoms with Crippen LogP contribution >= 0.6 is 0 Å². The van der Waals surface area contributed by atoms with Gasteiger partial charge >= 0.3 is 0 Å². The highest BCUT2D eigenvalue weighted by molar-refractivity contribution is 4.72. The van der Waals surface area contributed by atoms with Crippen molar-refractivity contribution in [1.82, 2.24) is 5.32 Å². The average molecular weight is 141 g/mol. The van der Waals surface area contributed by atoms with Crippen LogP contribution in [0.3, 0.4) is 0 Å². The van der Waals surface area contributed by atoms with Crippen LogP contribution in [0.2, 0.25) is 0 Å². The van der Waals surface area contributed by atoms with Crippen LogP contribution in [-0.2, 0) is 0 Å². The number of hydrogen-bond acceptors (Lipinski definition) is 1. The summed E-state index contributed by atoms with van der Waals surface area (Å²) in [6.45, 7) is 5.86. The average Bonchev–Trinajstić information content (AvgIpc) is 2.12. The second-order valence-corrected chi connectivity index (χ2v) is 3.65. The molecule has 1 N–H and O–H groups in total. The van der Waals surface area contributed by atoms with Gasteiger partial charge in [-0.25, -0.2) is 0 Å². The third-order valence-electron chi connectivity index (χ3n) is 2.40. The maximum atomic E-state index is 3.58. The van der Waals surface area contributed by atoms with E-state index in [9.17, 15) is 0 Å². The lowest BCUT2D eigenvalue weighted by atomic mass is 10.00. The van der Waals surface area contributed by atoms with Gasteiger partial charge in [0.1, 0.15) is 0 Å². The molecule has 10 heavy (non-hydrogen) atoms. The minimum absolute atomic E-state index is 0.794. The lowest BCUT2D eigenvalue weighted by Gasteiger charge is -2.19. The number of hydrogen-bond donors (Lipinski definition) is 1. The van der Waals surface area contributed by atoms with E-state index in [0.29, 0.717) is 0 Å². The molecule has 1 nitrogen and oxygen atoms in total. The van der Waals surface area contributed by atoms with E-state index in [1.54, 1.807) is 0 Å². The van der Waals surface area contributed by atoms with Gasteiger partial charge in [-0.2, -0.15) is 0 Å². The zero-order valence-corrected chi connectivity index (χ0v) is 7.19. The fourth-order valence-electron chi connectivity index (χ4n) is 1.62. The van der Waals surface area contributed by atoms with Crippen molar-refractivity contribution in [2.75, 3.05) is 6.54 Å². The van der Waals surface area contributed by atoms with E-state index in [0.717, 1.165) is 12.0 Å². The van der Waals surface area contributed by atoms with Crippen LogP contribution in [0.25, 0.3) is 0 Å². The minimum Gasteiger partial charge on any atom is -0.314 e. The van der Waals surface area contributed by atoms with Gasteiger partial charge in [-0.3, -0.25) is 0 Å². The van der Waals surface area contributed by atoms with Crippen molar-refractivity contribution in [3.8, 4) is 0 Å². The maximum Gasteiger partial charge on any atom is 0.00900 e. The van der Waals surface area contributed by atoms with Gasteiger partial charge in [0.05, 0.1) is 0 Å². The molecule has 1 rings (SSSR count). The lowest BCUT2D eigenvalue weighted by molar-refractivity contribution is 0.395. The molecule has 1 unspecified atom stereocenters. The maximum absolute atomic E-state index is 3.58. The molecule has 0 aromatic rings. The monoisotopic (exact) mass is 141 g/mol. The summed E-state index contributed by atoms with van der Waals surface area (Å²) in [7, 11) is 0. The molecule has 1 fully saturated rings. The minimum atomic E-state index is 0.794. The fraction of sp³-hybridized carbons (Fsp3) is 1.00. The van der Waals surface area contributed by atoms with E-state index >= 15 is 0 Å². The molecular weight excluding hydrogens is 122 g/mol. The molecule has 0 aromatic carbocycles. The van der Waals surface area contributed by atoms with Crippen molar-refractivity contribution in [3.63, 3.8) is 0 Å². The van der Waals surface area contributed by atoms with Crippen molar-refractivity contribution in [2.24, 2.45) is 5.92 Å².